The number of hydrogen-bond donors (Lipinski definition) is 0. The molecule has 2 aromatic heterocycles. The summed E-state index contributed by atoms with van der Waals surface area (Å²) in [5, 5.41) is 7.71. The zero-order valence-corrected chi connectivity index (χ0v) is 9.56. The van der Waals surface area contributed by atoms with Crippen molar-refractivity contribution in [2.24, 2.45) is 0 Å². The average Bonchev–Trinajstić information content (AvgIpc) is 2.61. The third-order valence-electron chi connectivity index (χ3n) is 1.27. The highest BCUT2D eigenvalue weighted by molar-refractivity contribution is 9.10. The van der Waals surface area contributed by atoms with E-state index in [1.165, 1.54) is 11.3 Å². The van der Waals surface area contributed by atoms with Gasteiger partial charge >= 0.3 is 0 Å². The number of nitrogens with zero attached hydrogens (tertiary/aromatic N) is 3. The fourth-order valence-electron chi connectivity index (χ4n) is 0.747. The summed E-state index contributed by atoms with van der Waals surface area (Å²) in [6.07, 6.45) is 3.53. The van der Waals surface area contributed by atoms with Crippen LogP contribution in [0.25, 0.3) is 0 Å². The summed E-state index contributed by atoms with van der Waals surface area (Å²) in [5.41, 5.74) is 1.72. The van der Waals surface area contributed by atoms with Gasteiger partial charge in [-0.15, -0.1) is 10.2 Å². The number of aromatic nitrogens is 3. The Balaban J connectivity index is 2.24. The van der Waals surface area contributed by atoms with Crippen LogP contribution in [-0.4, -0.2) is 15.2 Å². The Hall–Kier alpha value is -0.460. The fraction of sp³-hybridized carbons (Fsp3) is 0. The van der Waals surface area contributed by atoms with Gasteiger partial charge in [0.15, 0.2) is 4.34 Å². The van der Waals surface area contributed by atoms with Gasteiger partial charge in [-0.25, -0.2) is 0 Å². The molecule has 13 heavy (non-hydrogen) atoms. The van der Waals surface area contributed by atoms with Crippen LogP contribution in [0.1, 0.15) is 0 Å². The van der Waals surface area contributed by atoms with Crippen LogP contribution >= 0.6 is 39.0 Å². The second kappa shape index (κ2) is 4.17. The van der Waals surface area contributed by atoms with Crippen molar-refractivity contribution in [2.45, 2.75) is 9.24 Å². The second-order valence-electron chi connectivity index (χ2n) is 2.11. The molecule has 0 radical (unpaired) electrons. The summed E-state index contributed by atoms with van der Waals surface area (Å²) >= 11 is 6.52. The van der Waals surface area contributed by atoms with Gasteiger partial charge in [0.2, 0.25) is 0 Å². The lowest BCUT2D eigenvalue weighted by Gasteiger charge is -1.98. The van der Waals surface area contributed by atoms with Crippen molar-refractivity contribution in [1.82, 2.24) is 15.2 Å². The van der Waals surface area contributed by atoms with Crippen molar-refractivity contribution in [2.75, 3.05) is 0 Å². The van der Waals surface area contributed by atoms with Crippen LogP contribution in [0.3, 0.4) is 0 Å². The van der Waals surface area contributed by atoms with Gasteiger partial charge < -0.3 is 0 Å². The molecule has 2 rings (SSSR count). The Labute approximate surface area is 91.7 Å². The molecule has 0 aromatic carbocycles. The molecule has 0 bridgehead atoms. The third kappa shape index (κ3) is 2.26. The minimum Gasteiger partial charge on any atom is -0.263 e. The SMILES string of the molecule is Brc1cnccc1Sc1nncs1. The van der Waals surface area contributed by atoms with E-state index in [1.54, 1.807) is 29.7 Å². The van der Waals surface area contributed by atoms with Crippen LogP contribution in [0.15, 0.2) is 37.7 Å². The highest BCUT2D eigenvalue weighted by Gasteiger charge is 2.03. The first-order valence-corrected chi connectivity index (χ1v) is 5.89. The standard InChI is InChI=1S/C7H4BrN3S2/c8-5-3-9-2-1-6(5)13-7-11-10-4-12-7/h1-4H. The van der Waals surface area contributed by atoms with Crippen LogP contribution < -0.4 is 0 Å². The maximum Gasteiger partial charge on any atom is 0.178 e. The van der Waals surface area contributed by atoms with Crippen LogP contribution in [0.5, 0.6) is 0 Å². The zero-order valence-electron chi connectivity index (χ0n) is 6.35. The molecule has 2 heterocycles. The molecule has 0 saturated heterocycles. The highest BCUT2D eigenvalue weighted by Crippen LogP contribution is 2.32. The Kier molecular flexibility index (Phi) is 2.92. The van der Waals surface area contributed by atoms with E-state index in [-0.39, 0.29) is 0 Å². The average molecular weight is 274 g/mol. The van der Waals surface area contributed by atoms with Gasteiger partial charge in [-0.2, -0.15) is 0 Å². The predicted octanol–water partition coefficient (Wildman–Crippen LogP) is 2.85. The normalized spacial score (nSPS) is 10.2. The van der Waals surface area contributed by atoms with Crippen molar-refractivity contribution in [3.8, 4) is 0 Å². The smallest absolute Gasteiger partial charge is 0.178 e. The molecule has 0 aliphatic heterocycles. The molecule has 0 aliphatic carbocycles. The molecular formula is C7H4BrN3S2. The van der Waals surface area contributed by atoms with E-state index < -0.39 is 0 Å². The van der Waals surface area contributed by atoms with Crippen LogP contribution in [0.4, 0.5) is 0 Å². The van der Waals surface area contributed by atoms with Crippen LogP contribution in [0.2, 0.25) is 0 Å². The Morgan fingerprint density at radius 3 is 3.08 bits per heavy atom. The largest absolute Gasteiger partial charge is 0.263 e. The minimum absolute atomic E-state index is 0.937. The molecule has 0 fully saturated rings. The molecule has 3 nitrogen and oxygen atoms in total. The highest BCUT2D eigenvalue weighted by atomic mass is 79.9. The molecule has 0 unspecified atom stereocenters. The van der Waals surface area contributed by atoms with Crippen molar-refractivity contribution in [1.29, 1.82) is 0 Å². The molecule has 0 spiro atoms. The van der Waals surface area contributed by atoms with Gasteiger partial charge in [-0.3, -0.25) is 4.98 Å². The Morgan fingerprint density at radius 2 is 2.38 bits per heavy atom. The Morgan fingerprint density at radius 1 is 1.46 bits per heavy atom. The lowest BCUT2D eigenvalue weighted by molar-refractivity contribution is 1.01. The Bertz CT molecular complexity index is 390. The number of hydrogen-bond acceptors (Lipinski definition) is 5. The third-order valence-corrected chi connectivity index (χ3v) is 4.02. The molecule has 0 amide bonds. The van der Waals surface area contributed by atoms with Crippen molar-refractivity contribution in [3.63, 3.8) is 0 Å². The molecule has 0 saturated carbocycles. The van der Waals surface area contributed by atoms with Crippen molar-refractivity contribution in [3.05, 3.63) is 28.4 Å². The molecule has 0 aliphatic rings. The second-order valence-corrected chi connectivity index (χ2v) is 5.09. The predicted molar refractivity (Wildman–Crippen MR) is 56.0 cm³/mol. The molecule has 2 aromatic rings. The summed E-state index contributed by atoms with van der Waals surface area (Å²) in [4.78, 5) is 5.08. The minimum atomic E-state index is 0.937. The topological polar surface area (TPSA) is 38.7 Å². The summed E-state index contributed by atoms with van der Waals surface area (Å²) in [6, 6.07) is 1.94. The summed E-state index contributed by atoms with van der Waals surface area (Å²) in [5.74, 6) is 0. The number of rotatable bonds is 2. The summed E-state index contributed by atoms with van der Waals surface area (Å²) < 4.78 is 1.92. The van der Waals surface area contributed by atoms with Gasteiger partial charge in [0.1, 0.15) is 5.51 Å². The molecular weight excluding hydrogens is 270 g/mol. The van der Waals surface area contributed by atoms with Crippen molar-refractivity contribution >= 4 is 39.0 Å². The van der Waals surface area contributed by atoms with E-state index in [4.69, 9.17) is 0 Å². The van der Waals surface area contributed by atoms with Crippen LogP contribution in [-0.2, 0) is 0 Å². The van der Waals surface area contributed by atoms with E-state index in [1.807, 2.05) is 6.07 Å². The molecule has 6 heteroatoms. The van der Waals surface area contributed by atoms with E-state index in [2.05, 4.69) is 31.1 Å². The quantitative estimate of drug-likeness (QED) is 0.844. The monoisotopic (exact) mass is 273 g/mol. The van der Waals surface area contributed by atoms with Gasteiger partial charge in [0, 0.05) is 21.8 Å². The van der Waals surface area contributed by atoms with E-state index >= 15 is 0 Å². The van der Waals surface area contributed by atoms with Gasteiger partial charge in [-0.1, -0.05) is 23.1 Å². The summed E-state index contributed by atoms with van der Waals surface area (Å²) in [7, 11) is 0. The van der Waals surface area contributed by atoms with Crippen LogP contribution in [0, 0.1) is 0 Å². The lowest BCUT2D eigenvalue weighted by atomic mass is 10.5. The lowest BCUT2D eigenvalue weighted by Crippen LogP contribution is -1.77. The first-order chi connectivity index (χ1) is 6.36. The maximum atomic E-state index is 3.98. The molecule has 66 valence electrons. The first-order valence-electron chi connectivity index (χ1n) is 3.40. The van der Waals surface area contributed by atoms with E-state index in [0.717, 1.165) is 13.7 Å². The van der Waals surface area contributed by atoms with Gasteiger partial charge in [0.25, 0.3) is 0 Å². The number of halogens is 1. The fourth-order valence-corrected chi connectivity index (χ4v) is 2.66. The van der Waals surface area contributed by atoms with Gasteiger partial charge in [-0.05, 0) is 22.0 Å². The van der Waals surface area contributed by atoms with E-state index in [9.17, 15) is 0 Å². The number of pyridine rings is 1. The first kappa shape index (κ1) is 9.11. The molecule has 0 atom stereocenters. The van der Waals surface area contributed by atoms with Crippen molar-refractivity contribution < 1.29 is 0 Å². The molecule has 0 N–H and O–H groups in total. The maximum absolute atomic E-state index is 3.98. The summed E-state index contributed by atoms with van der Waals surface area (Å²) in [6.45, 7) is 0. The zero-order chi connectivity index (χ0) is 9.10. The van der Waals surface area contributed by atoms with E-state index in [0.29, 0.717) is 0 Å². The van der Waals surface area contributed by atoms with Gasteiger partial charge in [0.05, 0.1) is 0 Å².